The van der Waals surface area contributed by atoms with E-state index in [1.807, 2.05) is 12.1 Å². The summed E-state index contributed by atoms with van der Waals surface area (Å²) in [7, 11) is -15.6. The molecule has 2 unspecified atom stereocenters. The second-order valence-corrected chi connectivity index (χ2v) is 13.4. The summed E-state index contributed by atoms with van der Waals surface area (Å²) in [5.74, 6) is 1.95. The van der Waals surface area contributed by atoms with Crippen LogP contribution in [0.4, 0.5) is 51.8 Å². The molecule has 4 rings (SSSR count). The van der Waals surface area contributed by atoms with E-state index in [2.05, 4.69) is 97.1 Å². The van der Waals surface area contributed by atoms with E-state index in [0.29, 0.717) is 0 Å². The molecule has 4 aromatic carbocycles. The Balaban J connectivity index is 0.00000116. The molecular formula is C28H28B3F12O2P2Rh. The van der Waals surface area contributed by atoms with E-state index in [-0.39, 0.29) is 19.5 Å². The number of methoxy groups -OCH3 is 2. The second kappa shape index (κ2) is 22.1. The summed E-state index contributed by atoms with van der Waals surface area (Å²) in [6.45, 7) is 0. The summed E-state index contributed by atoms with van der Waals surface area (Å²) < 4.78 is 129. The monoisotopic (exact) mass is 822 g/mol. The van der Waals surface area contributed by atoms with Crippen LogP contribution in [0.15, 0.2) is 109 Å². The number of para-hydroxylation sites is 2. The fraction of sp³-hybridized carbons (Fsp3) is 0.143. The van der Waals surface area contributed by atoms with Gasteiger partial charge >= 0.3 is 41.2 Å². The fourth-order valence-corrected chi connectivity index (χ4v) is 9.51. The van der Waals surface area contributed by atoms with Crippen molar-refractivity contribution in [1.82, 2.24) is 0 Å². The van der Waals surface area contributed by atoms with Crippen molar-refractivity contribution in [3.8, 4) is 11.5 Å². The first-order valence-corrected chi connectivity index (χ1v) is 16.4. The summed E-state index contributed by atoms with van der Waals surface area (Å²) in [6, 6.07) is 38.7. The molecule has 4 aromatic rings. The Labute approximate surface area is 286 Å². The molecule has 0 saturated carbocycles. The van der Waals surface area contributed by atoms with Crippen LogP contribution < -0.4 is 30.7 Å². The van der Waals surface area contributed by atoms with Crippen LogP contribution in [0.3, 0.4) is 0 Å². The van der Waals surface area contributed by atoms with E-state index in [1.54, 1.807) is 14.2 Å². The molecule has 2 nitrogen and oxygen atoms in total. The molecule has 264 valence electrons. The molecule has 0 spiro atoms. The van der Waals surface area contributed by atoms with Crippen molar-refractivity contribution < 1.29 is 80.7 Å². The number of benzene rings is 4. The van der Waals surface area contributed by atoms with Crippen LogP contribution in [0.1, 0.15) is 0 Å². The fourth-order valence-electron chi connectivity index (χ4n) is 3.90. The van der Waals surface area contributed by atoms with Crippen molar-refractivity contribution in [2.75, 3.05) is 26.5 Å². The molecule has 0 bridgehead atoms. The summed E-state index contributed by atoms with van der Waals surface area (Å²) in [5.41, 5.74) is 0. The molecular weight excluding hydrogens is 794 g/mol. The first kappa shape index (κ1) is 45.3. The smallest absolute Gasteiger partial charge is 0.496 e. The molecule has 0 saturated heterocycles. The largest absolute Gasteiger partial charge is 3.00 e. The minimum absolute atomic E-state index is 0. The molecule has 2 atom stereocenters. The Bertz CT molecular complexity index is 1300. The SMILES string of the molecule is COc1ccccc1P(CCP(c1ccccc1)c1ccccc1OC)c1ccccc1.F[B-](F)(F)F.F[B-](F)(F)F.F[B-](F)(F)F.[Rh+3]. The van der Waals surface area contributed by atoms with Crippen LogP contribution in [0, 0.1) is 0 Å². The molecule has 20 heteroatoms. The Morgan fingerprint density at radius 2 is 0.646 bits per heavy atom. The maximum Gasteiger partial charge on any atom is 3.00 e. The van der Waals surface area contributed by atoms with Crippen molar-refractivity contribution >= 4 is 58.8 Å². The third-order valence-electron chi connectivity index (χ3n) is 5.43. The summed E-state index contributed by atoms with van der Waals surface area (Å²) in [5, 5.41) is 5.38. The molecule has 48 heavy (non-hydrogen) atoms. The Kier molecular flexibility index (Phi) is 20.9. The number of rotatable bonds is 9. The Morgan fingerprint density at radius 3 is 0.896 bits per heavy atom. The molecule has 0 amide bonds. The average molecular weight is 822 g/mol. The van der Waals surface area contributed by atoms with Crippen molar-refractivity contribution in [3.63, 3.8) is 0 Å². The number of hydrogen-bond acceptors (Lipinski definition) is 2. The predicted molar refractivity (Wildman–Crippen MR) is 172 cm³/mol. The van der Waals surface area contributed by atoms with Crippen LogP contribution in [0.2, 0.25) is 0 Å². The van der Waals surface area contributed by atoms with Crippen LogP contribution in [0.25, 0.3) is 0 Å². The zero-order valence-corrected chi connectivity index (χ0v) is 28.5. The molecule has 0 fully saturated rings. The molecule has 0 aromatic heterocycles. The minimum Gasteiger partial charge on any atom is -0.496 e. The molecule has 0 heterocycles. The number of halogens is 12. The van der Waals surface area contributed by atoms with Crippen molar-refractivity contribution in [3.05, 3.63) is 109 Å². The number of ether oxygens (including phenoxy) is 2. The topological polar surface area (TPSA) is 18.5 Å². The van der Waals surface area contributed by atoms with Crippen LogP contribution >= 0.6 is 15.8 Å². The maximum atomic E-state index is 9.75. The van der Waals surface area contributed by atoms with Gasteiger partial charge in [0.1, 0.15) is 11.5 Å². The average Bonchev–Trinajstić information content (AvgIpc) is 2.98. The summed E-state index contributed by atoms with van der Waals surface area (Å²) >= 11 is 0. The third kappa shape index (κ3) is 21.3. The van der Waals surface area contributed by atoms with E-state index in [1.165, 1.54) is 21.2 Å². The van der Waals surface area contributed by atoms with E-state index < -0.39 is 37.6 Å². The summed E-state index contributed by atoms with van der Waals surface area (Å²) in [4.78, 5) is 0. The van der Waals surface area contributed by atoms with Gasteiger partial charge in [0.05, 0.1) is 14.2 Å². The van der Waals surface area contributed by atoms with E-state index in [0.717, 1.165) is 23.8 Å². The van der Waals surface area contributed by atoms with Gasteiger partial charge in [-0.25, -0.2) is 0 Å². The van der Waals surface area contributed by atoms with Gasteiger partial charge in [-0.15, -0.1) is 0 Å². The number of hydrogen-bond donors (Lipinski definition) is 0. The Hall–Kier alpha value is -2.68. The maximum absolute atomic E-state index is 9.75. The van der Waals surface area contributed by atoms with E-state index >= 15 is 0 Å². The van der Waals surface area contributed by atoms with Gasteiger partial charge in [-0.05, 0) is 50.9 Å². The molecule has 0 aliphatic heterocycles. The molecule has 0 aliphatic carbocycles. The minimum atomic E-state index is -6.00. The zero-order valence-electron chi connectivity index (χ0n) is 25.1. The Morgan fingerprint density at radius 1 is 0.417 bits per heavy atom. The van der Waals surface area contributed by atoms with Gasteiger partial charge in [-0.1, -0.05) is 97.1 Å². The quantitative estimate of drug-likeness (QED) is 0.0954. The van der Waals surface area contributed by atoms with Gasteiger partial charge in [0, 0.05) is 10.6 Å². The zero-order chi connectivity index (χ0) is 35.7. The third-order valence-corrected chi connectivity index (χ3v) is 10.9. The summed E-state index contributed by atoms with van der Waals surface area (Å²) in [6.07, 6.45) is 2.16. The van der Waals surface area contributed by atoms with Crippen LogP contribution in [0.5, 0.6) is 11.5 Å². The first-order chi connectivity index (χ1) is 21.8. The van der Waals surface area contributed by atoms with Crippen molar-refractivity contribution in [2.24, 2.45) is 0 Å². The van der Waals surface area contributed by atoms with E-state index in [9.17, 15) is 51.8 Å². The van der Waals surface area contributed by atoms with Gasteiger partial charge in [0.25, 0.3) is 0 Å². The molecule has 0 aliphatic rings. The predicted octanol–water partition coefficient (Wildman–Crippen LogP) is 9.17. The van der Waals surface area contributed by atoms with E-state index in [4.69, 9.17) is 9.47 Å². The first-order valence-electron chi connectivity index (χ1n) is 13.3. The van der Waals surface area contributed by atoms with Crippen molar-refractivity contribution in [1.29, 1.82) is 0 Å². The molecule has 0 radical (unpaired) electrons. The van der Waals surface area contributed by atoms with Crippen molar-refractivity contribution in [2.45, 2.75) is 0 Å². The normalized spacial score (nSPS) is 12.2. The van der Waals surface area contributed by atoms with Gasteiger partial charge < -0.3 is 61.3 Å². The standard InChI is InChI=1S/C28H28O2P2.3BF4.Rh/c1-29-25-17-9-11-19-27(25)31(23-13-5-3-6-14-23)21-22-32(24-15-7-4-8-16-24)28-20-12-10-18-26(28)30-2;3*2-1(3,4)5;/h3-20H,21-22H2,1-2H3;;;;/q;3*-1;+3. The van der Waals surface area contributed by atoms with Crippen LogP contribution in [-0.2, 0) is 19.5 Å². The van der Waals surface area contributed by atoms with Crippen LogP contribution in [-0.4, -0.2) is 48.3 Å². The van der Waals surface area contributed by atoms with Gasteiger partial charge in [-0.3, -0.25) is 0 Å². The van der Waals surface area contributed by atoms with Gasteiger partial charge in [0.2, 0.25) is 0 Å². The van der Waals surface area contributed by atoms with Gasteiger partial charge in [-0.2, -0.15) is 0 Å². The molecule has 0 N–H and O–H groups in total. The van der Waals surface area contributed by atoms with Gasteiger partial charge in [0.15, 0.2) is 0 Å². The second-order valence-electron chi connectivity index (χ2n) is 8.80.